The first kappa shape index (κ1) is 10.1. The van der Waals surface area contributed by atoms with E-state index in [4.69, 9.17) is 0 Å². The van der Waals surface area contributed by atoms with Gasteiger partial charge in [-0.2, -0.15) is 0 Å². The molecule has 1 aliphatic heterocycles. The minimum atomic E-state index is 0.267. The van der Waals surface area contributed by atoms with E-state index in [0.717, 1.165) is 5.59 Å². The van der Waals surface area contributed by atoms with E-state index in [1.54, 1.807) is 0 Å². The summed E-state index contributed by atoms with van der Waals surface area (Å²) in [5, 5.41) is 0. The maximum atomic E-state index is 4.46. The van der Waals surface area contributed by atoms with Crippen LogP contribution in [-0.4, -0.2) is 18.7 Å². The molecule has 1 aromatic carbocycles. The summed E-state index contributed by atoms with van der Waals surface area (Å²) in [4.78, 5) is 6.60. The Morgan fingerprint density at radius 1 is 1.06 bits per heavy atom. The van der Waals surface area contributed by atoms with Crippen LogP contribution in [0.1, 0.15) is 0 Å². The quantitative estimate of drug-likeness (QED) is 0.671. The van der Waals surface area contributed by atoms with Gasteiger partial charge in [0, 0.05) is 24.5 Å². The maximum Gasteiger partial charge on any atom is 0.261 e. The number of para-hydroxylation sites is 1. The molecule has 2 heterocycles. The number of fused-ring (bicyclic) bond motifs is 1. The number of aromatic nitrogens is 1. The highest BCUT2D eigenvalue weighted by Gasteiger charge is 2.24. The summed E-state index contributed by atoms with van der Waals surface area (Å²) < 4.78 is 0. The molecule has 1 aromatic heterocycles. The van der Waals surface area contributed by atoms with Gasteiger partial charge in [-0.25, -0.2) is 0 Å². The van der Waals surface area contributed by atoms with Gasteiger partial charge in [0.1, 0.15) is 0 Å². The number of hydrogen-bond acceptors (Lipinski definition) is 2. The third-order valence-corrected chi connectivity index (χ3v) is 3.16. The molecule has 0 amide bonds. The highest BCUT2D eigenvalue weighted by Crippen LogP contribution is 2.15. The van der Waals surface area contributed by atoms with Crippen molar-refractivity contribution in [1.29, 1.82) is 0 Å². The van der Waals surface area contributed by atoms with Gasteiger partial charge >= 0.3 is 0 Å². The van der Waals surface area contributed by atoms with Crippen LogP contribution in [0.4, 0.5) is 5.69 Å². The molecule has 2 aromatic rings. The first-order valence-corrected chi connectivity index (χ1v) is 5.77. The Bertz CT molecular complexity index is 551. The summed E-state index contributed by atoms with van der Waals surface area (Å²) >= 11 is 0. The van der Waals surface area contributed by atoms with Crippen LogP contribution in [0.3, 0.4) is 0 Å². The van der Waals surface area contributed by atoms with Crippen LogP contribution < -0.4 is 16.0 Å². The molecular formula is C14H13BN2. The van der Waals surface area contributed by atoms with Crippen molar-refractivity contribution in [1.82, 2.24) is 4.98 Å². The number of nitrogens with zero attached hydrogens (tertiary/aromatic N) is 2. The molecule has 0 saturated carbocycles. The lowest BCUT2D eigenvalue weighted by Crippen LogP contribution is -2.46. The van der Waals surface area contributed by atoms with Crippen molar-refractivity contribution in [2.45, 2.75) is 0 Å². The molecule has 0 spiro atoms. The summed E-state index contributed by atoms with van der Waals surface area (Å²) in [5.74, 6) is 2.20. The SMILES string of the molecule is CN1C=CB(c2ccccn2)c2ccccc21. The first-order chi connectivity index (χ1) is 8.36. The molecule has 17 heavy (non-hydrogen) atoms. The number of rotatable bonds is 1. The van der Waals surface area contributed by atoms with Crippen LogP contribution in [0, 0.1) is 0 Å². The highest BCUT2D eigenvalue weighted by molar-refractivity contribution is 6.90. The Morgan fingerprint density at radius 2 is 1.88 bits per heavy atom. The molecule has 0 radical (unpaired) electrons. The summed E-state index contributed by atoms with van der Waals surface area (Å²) in [7, 11) is 2.07. The topological polar surface area (TPSA) is 16.1 Å². The van der Waals surface area contributed by atoms with Crippen LogP contribution >= 0.6 is 0 Å². The maximum absolute atomic E-state index is 4.46. The predicted octanol–water partition coefficient (Wildman–Crippen LogP) is 1.19. The van der Waals surface area contributed by atoms with E-state index in [1.165, 1.54) is 11.2 Å². The number of hydrogen-bond donors (Lipinski definition) is 0. The van der Waals surface area contributed by atoms with Gasteiger partial charge in [-0.1, -0.05) is 30.2 Å². The molecule has 0 aliphatic carbocycles. The zero-order valence-electron chi connectivity index (χ0n) is 9.75. The summed E-state index contributed by atoms with van der Waals surface area (Å²) in [6, 6.07) is 14.6. The first-order valence-electron chi connectivity index (χ1n) is 5.77. The monoisotopic (exact) mass is 220 g/mol. The molecule has 0 fully saturated rings. The van der Waals surface area contributed by atoms with Gasteiger partial charge in [-0.15, -0.1) is 0 Å². The fourth-order valence-corrected chi connectivity index (χ4v) is 2.29. The molecule has 0 unspecified atom stereocenters. The van der Waals surface area contributed by atoms with Crippen molar-refractivity contribution in [3.05, 3.63) is 60.8 Å². The van der Waals surface area contributed by atoms with Crippen molar-refractivity contribution in [3.8, 4) is 0 Å². The van der Waals surface area contributed by atoms with Gasteiger partial charge in [0.15, 0.2) is 0 Å². The van der Waals surface area contributed by atoms with E-state index in [0.29, 0.717) is 0 Å². The molecule has 0 bridgehead atoms. The largest absolute Gasteiger partial charge is 0.353 e. The molecule has 3 rings (SSSR count). The Balaban J connectivity index is 2.11. The second-order valence-corrected chi connectivity index (χ2v) is 4.24. The van der Waals surface area contributed by atoms with Gasteiger partial charge in [-0.3, -0.25) is 4.98 Å². The van der Waals surface area contributed by atoms with Gasteiger partial charge in [0.25, 0.3) is 6.71 Å². The number of benzene rings is 1. The Kier molecular flexibility index (Phi) is 2.44. The summed E-state index contributed by atoms with van der Waals surface area (Å²) in [6.07, 6.45) is 3.96. The average molecular weight is 220 g/mol. The lowest BCUT2D eigenvalue weighted by molar-refractivity contribution is 1.21. The second kappa shape index (κ2) is 4.09. The van der Waals surface area contributed by atoms with Gasteiger partial charge < -0.3 is 4.90 Å². The molecular weight excluding hydrogens is 207 g/mol. The number of anilines is 1. The zero-order chi connectivity index (χ0) is 11.7. The van der Waals surface area contributed by atoms with Crippen molar-refractivity contribution in [2.24, 2.45) is 0 Å². The highest BCUT2D eigenvalue weighted by atomic mass is 15.1. The molecule has 3 heteroatoms. The zero-order valence-corrected chi connectivity index (χ0v) is 9.75. The fourth-order valence-electron chi connectivity index (χ4n) is 2.29. The third-order valence-electron chi connectivity index (χ3n) is 3.16. The standard InChI is InChI=1S/C14H13BN2/c1-17-11-9-15(14-8-4-5-10-16-14)12-6-2-3-7-13(12)17/h2-11H,1H3. The minimum Gasteiger partial charge on any atom is -0.353 e. The smallest absolute Gasteiger partial charge is 0.261 e. The Hall–Kier alpha value is -2.03. The van der Waals surface area contributed by atoms with E-state index in [1.807, 2.05) is 18.3 Å². The van der Waals surface area contributed by atoms with Gasteiger partial charge in [0.05, 0.1) is 0 Å². The van der Waals surface area contributed by atoms with E-state index in [2.05, 4.69) is 59.4 Å². The Morgan fingerprint density at radius 3 is 2.71 bits per heavy atom. The molecule has 0 saturated heterocycles. The van der Waals surface area contributed by atoms with E-state index >= 15 is 0 Å². The van der Waals surface area contributed by atoms with Crippen LogP contribution in [0.15, 0.2) is 60.8 Å². The fraction of sp³-hybridized carbons (Fsp3) is 0.0714. The molecule has 0 N–H and O–H groups in total. The van der Waals surface area contributed by atoms with Crippen LogP contribution in [0.25, 0.3) is 0 Å². The second-order valence-electron chi connectivity index (χ2n) is 4.24. The summed E-state index contributed by atoms with van der Waals surface area (Å²) in [6.45, 7) is 0.267. The van der Waals surface area contributed by atoms with Crippen molar-refractivity contribution in [3.63, 3.8) is 0 Å². The Labute approximate surface area is 102 Å². The van der Waals surface area contributed by atoms with Crippen molar-refractivity contribution in [2.75, 3.05) is 11.9 Å². The lowest BCUT2D eigenvalue weighted by Gasteiger charge is -2.25. The predicted molar refractivity (Wildman–Crippen MR) is 73.2 cm³/mol. The molecule has 82 valence electrons. The molecule has 1 aliphatic rings. The minimum absolute atomic E-state index is 0.267. The van der Waals surface area contributed by atoms with E-state index in [9.17, 15) is 0 Å². The molecule has 2 nitrogen and oxygen atoms in total. The molecule has 0 atom stereocenters. The van der Waals surface area contributed by atoms with Gasteiger partial charge in [0.2, 0.25) is 0 Å². The van der Waals surface area contributed by atoms with E-state index < -0.39 is 0 Å². The van der Waals surface area contributed by atoms with Gasteiger partial charge in [-0.05, 0) is 29.9 Å². The van der Waals surface area contributed by atoms with Crippen molar-refractivity contribution >= 4 is 23.5 Å². The average Bonchev–Trinajstić information content (AvgIpc) is 2.41. The third kappa shape index (κ3) is 1.74. The van der Waals surface area contributed by atoms with Crippen LogP contribution in [0.2, 0.25) is 0 Å². The number of pyridine rings is 1. The van der Waals surface area contributed by atoms with Crippen molar-refractivity contribution < 1.29 is 0 Å². The van der Waals surface area contributed by atoms with Crippen LogP contribution in [0.5, 0.6) is 0 Å². The lowest BCUT2D eigenvalue weighted by atomic mass is 9.41. The van der Waals surface area contributed by atoms with Crippen LogP contribution in [-0.2, 0) is 0 Å². The summed E-state index contributed by atoms with van der Waals surface area (Å²) in [5.41, 5.74) is 3.67. The normalized spacial score (nSPS) is 13.7. The van der Waals surface area contributed by atoms with E-state index in [-0.39, 0.29) is 6.71 Å².